The fraction of sp³-hybridized carbons (Fsp3) is 0.250. The summed E-state index contributed by atoms with van der Waals surface area (Å²) in [4.78, 5) is 4.30. The smallest absolute Gasteiger partial charge is 0.0933 e. The molecular formula is C12H14N2. The summed E-state index contributed by atoms with van der Waals surface area (Å²) in [7, 11) is 0. The number of nitrogens with two attached hydrogens (primary N) is 1. The standard InChI is InChI=1S/C12H14N2/c1-2-4-9-7-8-14-12-10(9)5-3-6-11(12)13/h3,5-8H,2,4,13H2,1H3. The monoisotopic (exact) mass is 186 g/mol. The van der Waals surface area contributed by atoms with E-state index in [0.29, 0.717) is 0 Å². The van der Waals surface area contributed by atoms with Crippen LogP contribution in [0.3, 0.4) is 0 Å². The van der Waals surface area contributed by atoms with Crippen LogP contribution in [0.2, 0.25) is 0 Å². The first-order chi connectivity index (χ1) is 6.83. The summed E-state index contributed by atoms with van der Waals surface area (Å²) >= 11 is 0. The van der Waals surface area contributed by atoms with Crippen molar-refractivity contribution < 1.29 is 0 Å². The fourth-order valence-corrected chi connectivity index (χ4v) is 1.74. The maximum atomic E-state index is 5.86. The van der Waals surface area contributed by atoms with Gasteiger partial charge in [-0.05, 0) is 24.1 Å². The minimum Gasteiger partial charge on any atom is -0.397 e. The molecule has 2 heteroatoms. The number of nitrogen functional groups attached to an aromatic ring is 1. The second-order valence-electron chi connectivity index (χ2n) is 3.46. The normalized spacial score (nSPS) is 10.6. The van der Waals surface area contributed by atoms with Gasteiger partial charge in [-0.2, -0.15) is 0 Å². The van der Waals surface area contributed by atoms with Crippen molar-refractivity contribution in [1.82, 2.24) is 4.98 Å². The molecule has 72 valence electrons. The molecule has 0 atom stereocenters. The van der Waals surface area contributed by atoms with Crippen molar-refractivity contribution in [3.05, 3.63) is 36.0 Å². The third-order valence-electron chi connectivity index (χ3n) is 2.41. The van der Waals surface area contributed by atoms with Crippen molar-refractivity contribution in [2.75, 3.05) is 5.73 Å². The van der Waals surface area contributed by atoms with Crippen molar-refractivity contribution in [2.24, 2.45) is 0 Å². The number of rotatable bonds is 2. The number of benzene rings is 1. The van der Waals surface area contributed by atoms with Crippen molar-refractivity contribution in [3.8, 4) is 0 Å². The molecule has 2 nitrogen and oxygen atoms in total. The molecule has 0 radical (unpaired) electrons. The summed E-state index contributed by atoms with van der Waals surface area (Å²) in [5.41, 5.74) is 8.89. The highest BCUT2D eigenvalue weighted by Crippen LogP contribution is 2.22. The minimum atomic E-state index is 0.764. The molecule has 1 aromatic carbocycles. The first-order valence-electron chi connectivity index (χ1n) is 4.95. The van der Waals surface area contributed by atoms with Gasteiger partial charge >= 0.3 is 0 Å². The Kier molecular flexibility index (Phi) is 2.35. The van der Waals surface area contributed by atoms with Gasteiger partial charge in [0.15, 0.2) is 0 Å². The summed E-state index contributed by atoms with van der Waals surface area (Å²) in [6.45, 7) is 2.18. The van der Waals surface area contributed by atoms with Crippen LogP contribution in [0.25, 0.3) is 10.9 Å². The Morgan fingerprint density at radius 3 is 2.93 bits per heavy atom. The number of pyridine rings is 1. The van der Waals surface area contributed by atoms with Crippen LogP contribution in [0.1, 0.15) is 18.9 Å². The Hall–Kier alpha value is -1.57. The lowest BCUT2D eigenvalue weighted by molar-refractivity contribution is 0.928. The van der Waals surface area contributed by atoms with Gasteiger partial charge in [0.25, 0.3) is 0 Å². The number of hydrogen-bond donors (Lipinski definition) is 1. The maximum absolute atomic E-state index is 5.86. The van der Waals surface area contributed by atoms with Gasteiger partial charge in [-0.15, -0.1) is 0 Å². The summed E-state index contributed by atoms with van der Waals surface area (Å²) in [6.07, 6.45) is 4.07. The first-order valence-corrected chi connectivity index (χ1v) is 4.95. The van der Waals surface area contributed by atoms with Crippen LogP contribution in [0, 0.1) is 0 Å². The third kappa shape index (κ3) is 1.43. The number of aryl methyl sites for hydroxylation is 1. The van der Waals surface area contributed by atoms with Gasteiger partial charge < -0.3 is 5.73 Å². The molecule has 0 saturated heterocycles. The average Bonchev–Trinajstić information content (AvgIpc) is 2.20. The maximum Gasteiger partial charge on any atom is 0.0933 e. The Labute approximate surface area is 83.8 Å². The molecule has 0 aliphatic heterocycles. The van der Waals surface area contributed by atoms with Gasteiger partial charge in [0.1, 0.15) is 0 Å². The lowest BCUT2D eigenvalue weighted by Crippen LogP contribution is -1.92. The zero-order valence-electron chi connectivity index (χ0n) is 8.33. The van der Waals surface area contributed by atoms with Gasteiger partial charge in [0.05, 0.1) is 11.2 Å². The largest absolute Gasteiger partial charge is 0.397 e. The number of fused-ring (bicyclic) bond motifs is 1. The summed E-state index contributed by atoms with van der Waals surface area (Å²) in [5.74, 6) is 0. The van der Waals surface area contributed by atoms with Crippen molar-refractivity contribution in [1.29, 1.82) is 0 Å². The van der Waals surface area contributed by atoms with E-state index in [1.54, 1.807) is 0 Å². The van der Waals surface area contributed by atoms with Gasteiger partial charge in [0, 0.05) is 11.6 Å². The van der Waals surface area contributed by atoms with Crippen LogP contribution >= 0.6 is 0 Å². The number of hydrogen-bond acceptors (Lipinski definition) is 2. The Balaban J connectivity index is 2.68. The number of anilines is 1. The number of aromatic nitrogens is 1. The molecule has 0 unspecified atom stereocenters. The summed E-state index contributed by atoms with van der Waals surface area (Å²) in [5, 5.41) is 1.19. The molecule has 0 fully saturated rings. The highest BCUT2D eigenvalue weighted by molar-refractivity contribution is 5.91. The van der Waals surface area contributed by atoms with Gasteiger partial charge in [-0.25, -0.2) is 0 Å². The lowest BCUT2D eigenvalue weighted by atomic mass is 10.0. The van der Waals surface area contributed by atoms with Crippen LogP contribution in [0.4, 0.5) is 5.69 Å². The summed E-state index contributed by atoms with van der Waals surface area (Å²) in [6, 6.07) is 8.04. The first kappa shape index (κ1) is 9.00. The van der Waals surface area contributed by atoms with Gasteiger partial charge in [-0.3, -0.25) is 4.98 Å². The van der Waals surface area contributed by atoms with E-state index in [1.807, 2.05) is 18.3 Å². The predicted octanol–water partition coefficient (Wildman–Crippen LogP) is 2.77. The molecule has 1 heterocycles. The second kappa shape index (κ2) is 3.66. The molecule has 1 aromatic heterocycles. The van der Waals surface area contributed by atoms with E-state index in [1.165, 1.54) is 10.9 Å². The Morgan fingerprint density at radius 2 is 2.14 bits per heavy atom. The quantitative estimate of drug-likeness (QED) is 0.732. The van der Waals surface area contributed by atoms with Gasteiger partial charge in [-0.1, -0.05) is 25.5 Å². The zero-order chi connectivity index (χ0) is 9.97. The predicted molar refractivity (Wildman–Crippen MR) is 60.2 cm³/mol. The second-order valence-corrected chi connectivity index (χ2v) is 3.46. The number of nitrogens with zero attached hydrogens (tertiary/aromatic N) is 1. The SMILES string of the molecule is CCCc1ccnc2c(N)cccc12. The van der Waals surface area contributed by atoms with E-state index in [4.69, 9.17) is 5.73 Å². The van der Waals surface area contributed by atoms with E-state index in [2.05, 4.69) is 24.0 Å². The van der Waals surface area contributed by atoms with Crippen LogP contribution in [-0.2, 0) is 6.42 Å². The molecule has 0 spiro atoms. The van der Waals surface area contributed by atoms with E-state index in [9.17, 15) is 0 Å². The molecule has 2 aromatic rings. The molecule has 14 heavy (non-hydrogen) atoms. The molecule has 0 bridgehead atoms. The topological polar surface area (TPSA) is 38.9 Å². The van der Waals surface area contributed by atoms with Crippen LogP contribution in [-0.4, -0.2) is 4.98 Å². The molecule has 0 aliphatic carbocycles. The Morgan fingerprint density at radius 1 is 1.29 bits per heavy atom. The highest BCUT2D eigenvalue weighted by atomic mass is 14.7. The molecule has 0 saturated carbocycles. The highest BCUT2D eigenvalue weighted by Gasteiger charge is 2.02. The third-order valence-corrected chi connectivity index (χ3v) is 2.41. The van der Waals surface area contributed by atoms with Crippen molar-refractivity contribution in [3.63, 3.8) is 0 Å². The molecule has 2 rings (SSSR count). The van der Waals surface area contributed by atoms with Crippen LogP contribution < -0.4 is 5.73 Å². The minimum absolute atomic E-state index is 0.764. The van der Waals surface area contributed by atoms with Crippen molar-refractivity contribution in [2.45, 2.75) is 19.8 Å². The molecular weight excluding hydrogens is 172 g/mol. The average molecular weight is 186 g/mol. The molecule has 2 N–H and O–H groups in total. The van der Waals surface area contributed by atoms with E-state index in [-0.39, 0.29) is 0 Å². The van der Waals surface area contributed by atoms with Gasteiger partial charge in [0.2, 0.25) is 0 Å². The number of para-hydroxylation sites is 1. The van der Waals surface area contributed by atoms with Crippen molar-refractivity contribution >= 4 is 16.6 Å². The fourth-order valence-electron chi connectivity index (χ4n) is 1.74. The van der Waals surface area contributed by atoms with E-state index >= 15 is 0 Å². The molecule has 0 amide bonds. The summed E-state index contributed by atoms with van der Waals surface area (Å²) < 4.78 is 0. The van der Waals surface area contributed by atoms with Crippen LogP contribution in [0.5, 0.6) is 0 Å². The van der Waals surface area contributed by atoms with Crippen LogP contribution in [0.15, 0.2) is 30.5 Å². The van der Waals surface area contributed by atoms with E-state index < -0.39 is 0 Å². The van der Waals surface area contributed by atoms with E-state index in [0.717, 1.165) is 24.0 Å². The zero-order valence-corrected chi connectivity index (χ0v) is 8.33. The lowest BCUT2D eigenvalue weighted by Gasteiger charge is -2.05. The Bertz CT molecular complexity index is 449. The molecule has 0 aliphatic rings.